The predicted octanol–water partition coefficient (Wildman–Crippen LogP) is 0.473. The van der Waals surface area contributed by atoms with Crippen LogP contribution in [0.4, 0.5) is 5.69 Å². The number of ketones is 1. The van der Waals surface area contributed by atoms with Crippen LogP contribution in [0.1, 0.15) is 16.9 Å². The Balaban J connectivity index is 1.82. The molecule has 1 fully saturated rings. The highest BCUT2D eigenvalue weighted by Gasteiger charge is 2.46. The highest BCUT2D eigenvalue weighted by molar-refractivity contribution is 7.89. The molecule has 1 aromatic carbocycles. The number of hydrogen-bond acceptors (Lipinski definition) is 8. The fourth-order valence-electron chi connectivity index (χ4n) is 3.03. The van der Waals surface area contributed by atoms with E-state index in [0.29, 0.717) is 4.31 Å². The van der Waals surface area contributed by atoms with Crippen molar-refractivity contribution in [1.29, 1.82) is 0 Å². The molecule has 0 unspecified atom stereocenters. The summed E-state index contributed by atoms with van der Waals surface area (Å²) in [6, 6.07) is 6.37. The van der Waals surface area contributed by atoms with Crippen LogP contribution in [0, 0.1) is 10.1 Å². The second-order valence-electron chi connectivity index (χ2n) is 6.32. The van der Waals surface area contributed by atoms with Crippen molar-refractivity contribution < 1.29 is 32.8 Å². The van der Waals surface area contributed by atoms with E-state index in [1.54, 1.807) is 6.07 Å². The van der Waals surface area contributed by atoms with E-state index >= 15 is 0 Å². The zero-order valence-electron chi connectivity index (χ0n) is 14.9. The van der Waals surface area contributed by atoms with Gasteiger partial charge < -0.3 is 14.8 Å². The molecule has 2 heterocycles. The lowest BCUT2D eigenvalue weighted by molar-refractivity contribution is -0.387. The number of Topliss-reactive ketones (excluding diaryl/α,β-unsaturated/α-hetero) is 1. The number of nitro benzene ring substituents is 1. The molecule has 1 aliphatic rings. The van der Waals surface area contributed by atoms with Crippen molar-refractivity contribution in [3.05, 3.63) is 58.4 Å². The summed E-state index contributed by atoms with van der Waals surface area (Å²) in [5, 5.41) is 21.1. The largest absolute Gasteiger partial charge is 0.456 e. The predicted molar refractivity (Wildman–Crippen MR) is 97.5 cm³/mol. The fourth-order valence-corrected chi connectivity index (χ4v) is 4.82. The van der Waals surface area contributed by atoms with Gasteiger partial charge in [-0.1, -0.05) is 12.1 Å². The minimum Gasteiger partial charge on any atom is -0.456 e. The van der Waals surface area contributed by atoms with Gasteiger partial charge in [0.05, 0.1) is 16.7 Å². The van der Waals surface area contributed by atoms with Gasteiger partial charge in [0.2, 0.25) is 5.78 Å². The number of aromatic amines is 1. The van der Waals surface area contributed by atoms with E-state index in [1.165, 1.54) is 24.4 Å². The molecule has 1 aromatic heterocycles. The first-order valence-corrected chi connectivity index (χ1v) is 9.92. The third-order valence-corrected chi connectivity index (χ3v) is 6.32. The maximum absolute atomic E-state index is 13.0. The molecule has 0 bridgehead atoms. The van der Waals surface area contributed by atoms with Crippen molar-refractivity contribution in [3.8, 4) is 0 Å². The lowest BCUT2D eigenvalue weighted by Crippen LogP contribution is -2.42. The average Bonchev–Trinajstić information content (AvgIpc) is 3.36. The standard InChI is InChI=1S/C17H17N3O8S/c21-11-8-14(17(23)28-10-15(22)12-4-3-7-18-12)19(9-11)29(26,27)16-6-2-1-5-13(16)20(24)25/h1-7,11,14,18,21H,8-10H2/t11-,14+/m1/s1. The minimum atomic E-state index is -4.48. The average molecular weight is 423 g/mol. The van der Waals surface area contributed by atoms with Gasteiger partial charge in [-0.2, -0.15) is 4.31 Å². The van der Waals surface area contributed by atoms with E-state index in [0.717, 1.165) is 12.1 Å². The van der Waals surface area contributed by atoms with E-state index < -0.39 is 62.6 Å². The topological polar surface area (TPSA) is 160 Å². The summed E-state index contributed by atoms with van der Waals surface area (Å²) in [5.41, 5.74) is -0.434. The Labute approximate surface area is 165 Å². The molecule has 3 rings (SSSR count). The van der Waals surface area contributed by atoms with Gasteiger partial charge in [-0.25, -0.2) is 8.42 Å². The molecule has 29 heavy (non-hydrogen) atoms. The number of carbonyl (C=O) groups excluding carboxylic acids is 2. The smallest absolute Gasteiger partial charge is 0.325 e. The van der Waals surface area contributed by atoms with Gasteiger partial charge in [-0.15, -0.1) is 0 Å². The van der Waals surface area contributed by atoms with Crippen LogP contribution in [0.3, 0.4) is 0 Å². The molecule has 0 radical (unpaired) electrons. The molecule has 12 heteroatoms. The van der Waals surface area contributed by atoms with Crippen LogP contribution in [0.2, 0.25) is 0 Å². The number of aromatic nitrogens is 1. The minimum absolute atomic E-state index is 0.216. The molecule has 2 atom stereocenters. The second kappa shape index (κ2) is 8.11. The first-order chi connectivity index (χ1) is 13.7. The molecule has 154 valence electrons. The number of para-hydroxylation sites is 1. The van der Waals surface area contributed by atoms with Crippen LogP contribution in [-0.4, -0.2) is 64.8 Å². The molecule has 0 amide bonds. The summed E-state index contributed by atoms with van der Waals surface area (Å²) in [6.07, 6.45) is 0.1000. The lowest BCUT2D eigenvalue weighted by atomic mass is 10.2. The third kappa shape index (κ3) is 4.18. The van der Waals surface area contributed by atoms with Gasteiger partial charge in [0, 0.05) is 25.2 Å². The van der Waals surface area contributed by atoms with Crippen LogP contribution in [0.5, 0.6) is 0 Å². The molecule has 1 saturated heterocycles. The van der Waals surface area contributed by atoms with E-state index in [-0.39, 0.29) is 12.1 Å². The van der Waals surface area contributed by atoms with Gasteiger partial charge >= 0.3 is 5.97 Å². The van der Waals surface area contributed by atoms with Crippen molar-refractivity contribution in [2.24, 2.45) is 0 Å². The number of aliphatic hydroxyl groups excluding tert-OH is 1. The first-order valence-electron chi connectivity index (χ1n) is 8.48. The number of nitrogens with one attached hydrogen (secondary N) is 1. The maximum Gasteiger partial charge on any atom is 0.325 e. The van der Waals surface area contributed by atoms with Gasteiger partial charge in [0.1, 0.15) is 6.04 Å². The number of carbonyl (C=O) groups is 2. The highest BCUT2D eigenvalue weighted by Crippen LogP contribution is 2.31. The van der Waals surface area contributed by atoms with Gasteiger partial charge in [-0.05, 0) is 18.2 Å². The number of nitro groups is 1. The monoisotopic (exact) mass is 423 g/mol. The lowest BCUT2D eigenvalue weighted by Gasteiger charge is -2.22. The SMILES string of the molecule is O=C(COC(=O)[C@@H]1C[C@@H](O)CN1S(=O)(=O)c1ccccc1[N+](=O)[O-])c1ccc[nH]1. The summed E-state index contributed by atoms with van der Waals surface area (Å²) in [5.74, 6) is -1.54. The number of nitrogens with zero attached hydrogens (tertiary/aromatic N) is 2. The van der Waals surface area contributed by atoms with Crippen molar-refractivity contribution in [3.63, 3.8) is 0 Å². The molecule has 0 aliphatic carbocycles. The molecular weight excluding hydrogens is 406 g/mol. The molecule has 2 aromatic rings. The molecule has 2 N–H and O–H groups in total. The summed E-state index contributed by atoms with van der Waals surface area (Å²) in [6.45, 7) is -1.05. The summed E-state index contributed by atoms with van der Waals surface area (Å²) in [4.78, 5) is 36.8. The van der Waals surface area contributed by atoms with Crippen LogP contribution < -0.4 is 0 Å². The van der Waals surface area contributed by atoms with E-state index in [2.05, 4.69) is 4.98 Å². The number of sulfonamides is 1. The zero-order valence-corrected chi connectivity index (χ0v) is 15.7. The third-order valence-electron chi connectivity index (χ3n) is 4.40. The van der Waals surface area contributed by atoms with Crippen molar-refractivity contribution in [1.82, 2.24) is 9.29 Å². The Kier molecular flexibility index (Phi) is 5.77. The summed E-state index contributed by atoms with van der Waals surface area (Å²) < 4.78 is 31.6. The maximum atomic E-state index is 13.0. The number of rotatable bonds is 7. The van der Waals surface area contributed by atoms with E-state index in [4.69, 9.17) is 4.74 Å². The van der Waals surface area contributed by atoms with Crippen molar-refractivity contribution in [2.75, 3.05) is 13.2 Å². The van der Waals surface area contributed by atoms with Gasteiger partial charge in [0.25, 0.3) is 15.7 Å². The van der Waals surface area contributed by atoms with Crippen LogP contribution in [0.25, 0.3) is 0 Å². The van der Waals surface area contributed by atoms with Crippen molar-refractivity contribution >= 4 is 27.5 Å². The quantitative estimate of drug-likeness (QED) is 0.281. The summed E-state index contributed by atoms with van der Waals surface area (Å²) in [7, 11) is -4.48. The molecule has 11 nitrogen and oxygen atoms in total. The van der Waals surface area contributed by atoms with Crippen LogP contribution in [0.15, 0.2) is 47.5 Å². The van der Waals surface area contributed by atoms with E-state index in [9.17, 15) is 33.2 Å². The summed E-state index contributed by atoms with van der Waals surface area (Å²) >= 11 is 0. The van der Waals surface area contributed by atoms with Crippen LogP contribution >= 0.6 is 0 Å². The van der Waals surface area contributed by atoms with Gasteiger partial charge in [0.15, 0.2) is 11.5 Å². The molecular formula is C17H17N3O8S. The highest BCUT2D eigenvalue weighted by atomic mass is 32.2. The number of ether oxygens (including phenoxy) is 1. The Morgan fingerprint density at radius 1 is 1.28 bits per heavy atom. The molecule has 0 saturated carbocycles. The Morgan fingerprint density at radius 3 is 2.66 bits per heavy atom. The number of hydrogen-bond donors (Lipinski definition) is 2. The van der Waals surface area contributed by atoms with Gasteiger partial charge in [-0.3, -0.25) is 19.7 Å². The van der Waals surface area contributed by atoms with Crippen molar-refractivity contribution in [2.45, 2.75) is 23.5 Å². The number of β-amino-alcohol motifs (C(OH)–C–C–N with tert-alkyl or cyclic N) is 1. The van der Waals surface area contributed by atoms with Crippen LogP contribution in [-0.2, 0) is 19.6 Å². The number of H-pyrrole nitrogens is 1. The van der Waals surface area contributed by atoms with E-state index in [1.807, 2.05) is 0 Å². The Bertz CT molecular complexity index is 1030. The second-order valence-corrected chi connectivity index (χ2v) is 8.18. The first kappa shape index (κ1) is 20.6. The fraction of sp³-hybridized carbons (Fsp3) is 0.294. The normalized spacial score (nSPS) is 19.8. The number of esters is 1. The zero-order chi connectivity index (χ0) is 21.2. The molecule has 1 aliphatic heterocycles. The number of benzene rings is 1. The number of aliphatic hydroxyl groups is 1. The Hall–Kier alpha value is -3.09. The molecule has 0 spiro atoms. The Morgan fingerprint density at radius 2 is 2.00 bits per heavy atom.